The monoisotopic (exact) mass is 420 g/mol. The maximum absolute atomic E-state index is 6.00. The van der Waals surface area contributed by atoms with Gasteiger partial charge in [0.05, 0.1) is 6.08 Å². The average Bonchev–Trinajstić information content (AvgIpc) is 2.85. The molecule has 0 aliphatic heterocycles. The number of oxazole rings is 1. The van der Waals surface area contributed by atoms with E-state index in [1.54, 1.807) is 0 Å². The molecule has 0 saturated heterocycles. The van der Waals surface area contributed by atoms with Crippen molar-refractivity contribution >= 4 is 22.9 Å². The van der Waals surface area contributed by atoms with E-state index >= 15 is 0 Å². The fraction of sp³-hybridized carbons (Fsp3) is 0.211. The van der Waals surface area contributed by atoms with Gasteiger partial charge < -0.3 is 33.7 Å². The van der Waals surface area contributed by atoms with Crippen LogP contribution in [0, 0.1) is 13.8 Å². The van der Waals surface area contributed by atoms with Crippen molar-refractivity contribution in [3.63, 3.8) is 0 Å². The molecule has 0 radical (unpaired) electrons. The molecule has 0 amide bonds. The molecule has 1 aromatic heterocycles. The summed E-state index contributed by atoms with van der Waals surface area (Å²) in [6.07, 6.45) is 3.89. The van der Waals surface area contributed by atoms with Crippen LogP contribution in [0.4, 0.5) is 5.69 Å². The van der Waals surface area contributed by atoms with Crippen molar-refractivity contribution in [2.75, 3.05) is 5.32 Å². The Morgan fingerprint density at radius 2 is 1.78 bits per heavy atom. The first-order valence-electron chi connectivity index (χ1n) is 7.60. The van der Waals surface area contributed by atoms with Crippen LogP contribution in [-0.2, 0) is 6.54 Å². The van der Waals surface area contributed by atoms with E-state index in [1.165, 1.54) is 11.1 Å². The zero-order valence-corrected chi connectivity index (χ0v) is 15.8. The zero-order valence-electron chi connectivity index (χ0n) is 13.6. The summed E-state index contributed by atoms with van der Waals surface area (Å²) in [5, 5.41) is 3.26. The molecular formula is C19H21IN2O. The Labute approximate surface area is 154 Å². The SMILES string of the molecule is CC[n+]1c(C=CNc2ccccc2)oc2cc(C)c(C)cc21.[I-]. The number of fused-ring (bicyclic) bond motifs is 1. The highest BCUT2D eigenvalue weighted by Gasteiger charge is 2.19. The maximum Gasteiger partial charge on any atom is 0.375 e. The predicted molar refractivity (Wildman–Crippen MR) is 90.7 cm³/mol. The Bertz CT molecular complexity index is 822. The summed E-state index contributed by atoms with van der Waals surface area (Å²) in [6.45, 7) is 7.25. The highest BCUT2D eigenvalue weighted by Crippen LogP contribution is 2.19. The molecule has 4 heteroatoms. The maximum atomic E-state index is 6.00. The lowest BCUT2D eigenvalue weighted by Crippen LogP contribution is -3.00. The highest BCUT2D eigenvalue weighted by atomic mass is 127. The van der Waals surface area contributed by atoms with Gasteiger partial charge in [-0.1, -0.05) is 18.2 Å². The quantitative estimate of drug-likeness (QED) is 0.512. The third-order valence-electron chi connectivity index (χ3n) is 3.91. The average molecular weight is 420 g/mol. The molecule has 3 nitrogen and oxygen atoms in total. The Morgan fingerprint density at radius 1 is 1.09 bits per heavy atom. The van der Waals surface area contributed by atoms with E-state index in [4.69, 9.17) is 4.42 Å². The van der Waals surface area contributed by atoms with Crippen molar-refractivity contribution < 1.29 is 33.0 Å². The van der Waals surface area contributed by atoms with Crippen molar-refractivity contribution in [1.29, 1.82) is 0 Å². The van der Waals surface area contributed by atoms with Gasteiger partial charge in [-0.25, -0.2) is 0 Å². The van der Waals surface area contributed by atoms with Gasteiger partial charge in [0.15, 0.2) is 0 Å². The first-order chi connectivity index (χ1) is 10.7. The predicted octanol–water partition coefficient (Wildman–Crippen LogP) is 1.44. The molecule has 0 spiro atoms. The molecule has 3 rings (SSSR count). The third kappa shape index (κ3) is 3.75. The molecule has 23 heavy (non-hydrogen) atoms. The van der Waals surface area contributed by atoms with Gasteiger partial charge in [-0.05, 0) is 50.1 Å². The first-order valence-corrected chi connectivity index (χ1v) is 7.60. The Balaban J connectivity index is 0.00000192. The summed E-state index contributed by atoms with van der Waals surface area (Å²) in [4.78, 5) is 0. The van der Waals surface area contributed by atoms with Crippen LogP contribution < -0.4 is 33.9 Å². The summed E-state index contributed by atoms with van der Waals surface area (Å²) in [6, 6.07) is 14.4. The highest BCUT2D eigenvalue weighted by molar-refractivity contribution is 5.72. The second kappa shape index (κ2) is 7.64. The van der Waals surface area contributed by atoms with E-state index in [2.05, 4.69) is 42.8 Å². The number of rotatable bonds is 4. The summed E-state index contributed by atoms with van der Waals surface area (Å²) in [7, 11) is 0. The van der Waals surface area contributed by atoms with Crippen LogP contribution in [0.25, 0.3) is 17.2 Å². The molecule has 0 aliphatic rings. The molecule has 0 saturated carbocycles. The van der Waals surface area contributed by atoms with Gasteiger partial charge in [-0.2, -0.15) is 4.57 Å². The number of nitrogens with zero attached hydrogens (tertiary/aromatic N) is 1. The van der Waals surface area contributed by atoms with Crippen molar-refractivity contribution in [2.24, 2.45) is 0 Å². The van der Waals surface area contributed by atoms with Crippen LogP contribution in [0.1, 0.15) is 23.9 Å². The molecule has 1 heterocycles. The molecule has 0 fully saturated rings. The van der Waals surface area contributed by atoms with Gasteiger partial charge in [0, 0.05) is 18.0 Å². The minimum absolute atomic E-state index is 0. The van der Waals surface area contributed by atoms with E-state index in [9.17, 15) is 0 Å². The van der Waals surface area contributed by atoms with E-state index < -0.39 is 0 Å². The smallest absolute Gasteiger partial charge is 0.375 e. The summed E-state index contributed by atoms with van der Waals surface area (Å²) in [5.74, 6) is 0.853. The standard InChI is InChI=1S/C19H20N2O.HI/c1-4-21-17-12-14(2)15(3)13-18(17)22-19(21)10-11-20-16-8-6-5-7-9-16;/h5-13H,4H2,1-3H3;1H. The number of aromatic nitrogens is 1. The second-order valence-electron chi connectivity index (χ2n) is 5.43. The molecule has 1 N–H and O–H groups in total. The number of hydrogen-bond acceptors (Lipinski definition) is 2. The van der Waals surface area contributed by atoms with Gasteiger partial charge in [-0.3, -0.25) is 0 Å². The Hall–Kier alpha value is -1.82. The summed E-state index contributed by atoms with van der Waals surface area (Å²) < 4.78 is 8.19. The van der Waals surface area contributed by atoms with Crippen LogP contribution in [0.3, 0.4) is 0 Å². The number of para-hydroxylation sites is 1. The van der Waals surface area contributed by atoms with Crippen molar-refractivity contribution in [3.8, 4) is 0 Å². The molecule has 0 bridgehead atoms. The van der Waals surface area contributed by atoms with Crippen molar-refractivity contribution in [3.05, 3.63) is 65.7 Å². The second-order valence-corrected chi connectivity index (χ2v) is 5.43. The van der Waals surface area contributed by atoms with Crippen LogP contribution in [-0.4, -0.2) is 0 Å². The van der Waals surface area contributed by atoms with Gasteiger partial charge in [0.1, 0.15) is 6.54 Å². The van der Waals surface area contributed by atoms with E-state index in [-0.39, 0.29) is 24.0 Å². The molecule has 0 atom stereocenters. The topological polar surface area (TPSA) is 29.1 Å². The first kappa shape index (κ1) is 17.5. The van der Waals surface area contributed by atoms with Gasteiger partial charge in [0.25, 0.3) is 5.52 Å². The van der Waals surface area contributed by atoms with Crippen LogP contribution >= 0.6 is 0 Å². The summed E-state index contributed by atoms with van der Waals surface area (Å²) in [5.41, 5.74) is 5.68. The molecule has 0 aliphatic carbocycles. The number of hydrogen-bond donors (Lipinski definition) is 1. The normalized spacial score (nSPS) is 10.9. The number of benzene rings is 2. The van der Waals surface area contributed by atoms with E-state index in [0.717, 1.165) is 29.2 Å². The molecule has 2 aromatic carbocycles. The zero-order chi connectivity index (χ0) is 15.5. The number of aryl methyl sites for hydroxylation is 3. The molecule has 0 unspecified atom stereocenters. The van der Waals surface area contributed by atoms with Gasteiger partial charge in [-0.15, -0.1) is 0 Å². The van der Waals surface area contributed by atoms with Crippen LogP contribution in [0.5, 0.6) is 0 Å². The fourth-order valence-electron chi connectivity index (χ4n) is 2.55. The lowest BCUT2D eigenvalue weighted by molar-refractivity contribution is -0.674. The van der Waals surface area contributed by atoms with Gasteiger partial charge in [0.2, 0.25) is 5.58 Å². The largest absolute Gasteiger partial charge is 1.00 e. The molecule has 3 aromatic rings. The van der Waals surface area contributed by atoms with Gasteiger partial charge >= 0.3 is 5.89 Å². The third-order valence-corrected chi connectivity index (χ3v) is 3.91. The van der Waals surface area contributed by atoms with Crippen LogP contribution in [0.2, 0.25) is 0 Å². The molecule has 120 valence electrons. The lowest BCUT2D eigenvalue weighted by Gasteiger charge is -1.97. The molecular weight excluding hydrogens is 399 g/mol. The minimum Gasteiger partial charge on any atom is -1.00 e. The van der Waals surface area contributed by atoms with Crippen LogP contribution in [0.15, 0.2) is 53.1 Å². The van der Waals surface area contributed by atoms with Crippen molar-refractivity contribution in [1.82, 2.24) is 0 Å². The Morgan fingerprint density at radius 3 is 2.48 bits per heavy atom. The van der Waals surface area contributed by atoms with E-state index in [1.807, 2.05) is 42.6 Å². The number of nitrogens with one attached hydrogen (secondary N) is 1. The Kier molecular flexibility index (Phi) is 5.82. The fourth-order valence-corrected chi connectivity index (χ4v) is 2.55. The number of halogens is 1. The van der Waals surface area contributed by atoms with E-state index in [0.29, 0.717) is 0 Å². The lowest BCUT2D eigenvalue weighted by atomic mass is 10.1. The van der Waals surface area contributed by atoms with Crippen molar-refractivity contribution in [2.45, 2.75) is 27.3 Å². The number of anilines is 1. The minimum atomic E-state index is 0. The summed E-state index contributed by atoms with van der Waals surface area (Å²) >= 11 is 0.